The number of H-pyrrole nitrogens is 1. The maximum absolute atomic E-state index is 13.6. The van der Waals surface area contributed by atoms with Crippen molar-refractivity contribution in [1.82, 2.24) is 14.8 Å². The number of ether oxygens (including phenoxy) is 4. The number of methoxy groups -OCH3 is 1. The molecule has 0 aliphatic carbocycles. The van der Waals surface area contributed by atoms with Gasteiger partial charge < -0.3 is 43.5 Å². The summed E-state index contributed by atoms with van der Waals surface area (Å²) < 4.78 is 28.2. The fourth-order valence-corrected chi connectivity index (χ4v) is 7.09. The van der Waals surface area contributed by atoms with E-state index in [9.17, 15) is 34.6 Å². The number of nitrogens with one attached hydrogen (secondary N) is 2. The van der Waals surface area contributed by atoms with Gasteiger partial charge in [-0.1, -0.05) is 12.0 Å². The van der Waals surface area contributed by atoms with Crippen LogP contribution in [0.15, 0.2) is 105 Å². The van der Waals surface area contributed by atoms with Crippen molar-refractivity contribution < 1.29 is 47.6 Å². The minimum absolute atomic E-state index is 0.0991. The number of benzene rings is 3. The van der Waals surface area contributed by atoms with Crippen molar-refractivity contribution in [2.24, 2.45) is 10.1 Å². The highest BCUT2D eigenvalue weighted by Crippen LogP contribution is 2.37. The number of aromatic nitrogens is 1. The SMILES string of the molecule is COc1ccc(-c2ccco2)c2[nH]cc(C(=O)C(=O)N3CCN(C(=O)c4cccc(OCCOCCB5C=C(COCCNc6c([N+](=O)[O-])cccc6[N+](=O)[O-])N=N5)c4)CC3)c12. The molecule has 5 aromatic rings. The van der Waals surface area contributed by atoms with Crippen molar-refractivity contribution in [2.45, 2.75) is 6.32 Å². The highest BCUT2D eigenvalue weighted by molar-refractivity contribution is 6.63. The van der Waals surface area contributed by atoms with Gasteiger partial charge in [0.15, 0.2) is 5.69 Å². The van der Waals surface area contributed by atoms with Crippen molar-refractivity contribution >= 4 is 52.4 Å². The van der Waals surface area contributed by atoms with Crippen LogP contribution in [0.2, 0.25) is 6.32 Å². The number of carbonyl (C=O) groups is 3. The van der Waals surface area contributed by atoms with E-state index in [4.69, 9.17) is 23.4 Å². The van der Waals surface area contributed by atoms with E-state index in [1.807, 2.05) is 12.0 Å². The largest absolute Gasteiger partial charge is 0.496 e. The molecule has 0 bridgehead atoms. The zero-order chi connectivity index (χ0) is 43.6. The summed E-state index contributed by atoms with van der Waals surface area (Å²) in [5.41, 5.74) is 1.59. The third kappa shape index (κ3) is 9.80. The monoisotopic (exact) mass is 848 g/mol. The van der Waals surface area contributed by atoms with Crippen molar-refractivity contribution in [3.8, 4) is 22.8 Å². The second-order valence-corrected chi connectivity index (χ2v) is 14.0. The van der Waals surface area contributed by atoms with Crippen LogP contribution in [-0.4, -0.2) is 122 Å². The van der Waals surface area contributed by atoms with Gasteiger partial charge in [0.05, 0.1) is 65.2 Å². The van der Waals surface area contributed by atoms with Crippen LogP contribution in [0.5, 0.6) is 11.5 Å². The highest BCUT2D eigenvalue weighted by atomic mass is 16.6. The first-order chi connectivity index (χ1) is 30.1. The molecule has 20 nitrogen and oxygen atoms in total. The van der Waals surface area contributed by atoms with Crippen LogP contribution in [0.25, 0.3) is 22.2 Å². The maximum atomic E-state index is 13.6. The van der Waals surface area contributed by atoms with Gasteiger partial charge in [-0.25, -0.2) is 5.03 Å². The predicted molar refractivity (Wildman–Crippen MR) is 225 cm³/mol. The van der Waals surface area contributed by atoms with E-state index in [2.05, 4.69) is 20.4 Å². The molecule has 21 heteroatoms. The molecule has 1 fully saturated rings. The number of amides is 2. The number of fused-ring (bicyclic) bond motifs is 1. The number of para-hydroxylation sites is 1. The molecule has 0 unspecified atom stereocenters. The first kappa shape index (κ1) is 42.7. The molecule has 1 saturated heterocycles. The number of ketones is 1. The zero-order valence-corrected chi connectivity index (χ0v) is 33.5. The van der Waals surface area contributed by atoms with Crippen LogP contribution in [0.4, 0.5) is 17.1 Å². The number of carbonyl (C=O) groups excluding carboxylic acids is 3. The molecule has 0 saturated carbocycles. The maximum Gasteiger partial charge on any atom is 0.337 e. The Hall–Kier alpha value is -7.39. The highest BCUT2D eigenvalue weighted by Gasteiger charge is 2.32. The number of furan rings is 1. The lowest BCUT2D eigenvalue weighted by atomic mass is 9.61. The summed E-state index contributed by atoms with van der Waals surface area (Å²) in [5.74, 6) is 1.82. The topological polar surface area (TPSA) is 247 Å². The first-order valence-electron chi connectivity index (χ1n) is 19.6. The number of nitro benzene ring substituents is 2. The number of hydrogen-bond acceptors (Lipinski definition) is 15. The van der Waals surface area contributed by atoms with Gasteiger partial charge in [0.1, 0.15) is 23.9 Å². The van der Waals surface area contributed by atoms with Gasteiger partial charge >= 0.3 is 6.85 Å². The van der Waals surface area contributed by atoms with Gasteiger partial charge in [-0.15, -0.1) is 0 Å². The van der Waals surface area contributed by atoms with Crippen LogP contribution in [0.1, 0.15) is 20.7 Å². The molecule has 2 N–H and O–H groups in total. The van der Waals surface area contributed by atoms with Crippen molar-refractivity contribution in [3.05, 3.63) is 122 Å². The van der Waals surface area contributed by atoms with Gasteiger partial charge in [-0.05, 0) is 54.9 Å². The Morgan fingerprint density at radius 3 is 2.39 bits per heavy atom. The Morgan fingerprint density at radius 2 is 1.66 bits per heavy atom. The summed E-state index contributed by atoms with van der Waals surface area (Å²) in [7, 11) is 1.50. The van der Waals surface area contributed by atoms with Gasteiger partial charge in [0.2, 0.25) is 0 Å². The Bertz CT molecular complexity index is 2480. The summed E-state index contributed by atoms with van der Waals surface area (Å²) >= 11 is 0. The number of rotatable bonds is 20. The Balaban J connectivity index is 0.800. The molecule has 0 spiro atoms. The number of nitrogens with zero attached hydrogens (tertiary/aromatic N) is 6. The van der Waals surface area contributed by atoms with Gasteiger partial charge in [-0.2, -0.15) is 5.11 Å². The molecule has 320 valence electrons. The Kier molecular flexibility index (Phi) is 13.6. The van der Waals surface area contributed by atoms with E-state index in [0.29, 0.717) is 52.3 Å². The zero-order valence-electron chi connectivity index (χ0n) is 33.5. The number of hydrogen-bond donors (Lipinski definition) is 2. The summed E-state index contributed by atoms with van der Waals surface area (Å²) in [4.78, 5) is 67.9. The van der Waals surface area contributed by atoms with E-state index in [1.54, 1.807) is 53.6 Å². The van der Waals surface area contributed by atoms with Crippen molar-refractivity contribution in [2.75, 3.05) is 78.2 Å². The molecule has 2 aliphatic heterocycles. The van der Waals surface area contributed by atoms with Crippen LogP contribution in [-0.2, 0) is 14.3 Å². The number of anilines is 1. The molecular formula is C41H41BN8O12. The summed E-state index contributed by atoms with van der Waals surface area (Å²) in [5, 5.41) is 34.1. The average molecular weight is 849 g/mol. The summed E-state index contributed by atoms with van der Waals surface area (Å²) in [6.45, 7) is 1.94. The fourth-order valence-electron chi connectivity index (χ4n) is 7.09. The van der Waals surface area contributed by atoms with Crippen LogP contribution in [0.3, 0.4) is 0 Å². The molecule has 62 heavy (non-hydrogen) atoms. The molecular weight excluding hydrogens is 807 g/mol. The molecule has 4 heterocycles. The summed E-state index contributed by atoms with van der Waals surface area (Å²) in [6.07, 6.45) is 3.63. The van der Waals surface area contributed by atoms with Crippen LogP contribution in [0, 0.1) is 20.2 Å². The number of aromatic amines is 1. The number of piperazine rings is 1. The van der Waals surface area contributed by atoms with Crippen molar-refractivity contribution in [1.29, 1.82) is 0 Å². The molecule has 2 aliphatic rings. The standard InChI is InChI=1S/C41H41BN8O12/c1-58-35-11-10-30(34-9-4-18-62-34)37-36(35)31(25-44-37)39(51)41(53)48-16-14-47(15-17-48)40(52)27-5-2-6-29(23-27)61-22-21-59-19-12-42-24-28(45-46-42)26-60-20-13-43-38-32(49(54)55)7-3-8-33(38)50(56)57/h2-11,18,23-25,43-44H,12-17,19-22,26H2,1H3. The van der Waals surface area contributed by atoms with E-state index >= 15 is 0 Å². The third-order valence-corrected chi connectivity index (χ3v) is 10.2. The van der Waals surface area contributed by atoms with E-state index < -0.39 is 32.9 Å². The van der Waals surface area contributed by atoms with E-state index in [0.717, 1.165) is 5.56 Å². The Morgan fingerprint density at radius 1 is 0.903 bits per heavy atom. The number of Topliss-reactive ketones (excluding diaryl/α,β-unsaturated/α-hetero) is 1. The van der Waals surface area contributed by atoms with Gasteiger partial charge in [0.25, 0.3) is 29.0 Å². The minimum atomic E-state index is -0.685. The second kappa shape index (κ2) is 19.8. The van der Waals surface area contributed by atoms with E-state index in [-0.39, 0.29) is 83.2 Å². The van der Waals surface area contributed by atoms with Gasteiger partial charge in [0, 0.05) is 68.8 Å². The molecule has 7 rings (SSSR count). The smallest absolute Gasteiger partial charge is 0.337 e. The average Bonchev–Trinajstić information content (AvgIpc) is 4.09. The normalized spacial score (nSPS) is 13.6. The van der Waals surface area contributed by atoms with Crippen LogP contribution >= 0.6 is 0 Å². The van der Waals surface area contributed by atoms with Gasteiger partial charge in [-0.3, -0.25) is 34.6 Å². The molecule has 0 atom stereocenters. The molecule has 2 amide bonds. The molecule has 3 aromatic carbocycles. The first-order valence-corrected chi connectivity index (χ1v) is 19.6. The molecule has 0 radical (unpaired) electrons. The summed E-state index contributed by atoms with van der Waals surface area (Å²) in [6, 6.07) is 17.6. The minimum Gasteiger partial charge on any atom is -0.496 e. The lowest BCUT2D eigenvalue weighted by Crippen LogP contribution is -2.52. The Labute approximate surface area is 353 Å². The molecule has 2 aromatic heterocycles. The van der Waals surface area contributed by atoms with Crippen LogP contribution < -0.4 is 14.8 Å². The lowest BCUT2D eigenvalue weighted by Gasteiger charge is -2.34. The van der Waals surface area contributed by atoms with Crippen molar-refractivity contribution in [3.63, 3.8) is 0 Å². The predicted octanol–water partition coefficient (Wildman–Crippen LogP) is 5.82. The number of nitro groups is 2. The second-order valence-electron chi connectivity index (χ2n) is 14.0. The fraction of sp³-hybridized carbons (Fsp3) is 0.293. The van der Waals surface area contributed by atoms with E-state index in [1.165, 1.54) is 36.4 Å². The third-order valence-electron chi connectivity index (χ3n) is 10.2. The lowest BCUT2D eigenvalue weighted by molar-refractivity contribution is -0.392. The quantitative estimate of drug-likeness (QED) is 0.0234.